The predicted octanol–water partition coefficient (Wildman–Crippen LogP) is 2.76. The van der Waals surface area contributed by atoms with E-state index in [1.54, 1.807) is 12.1 Å². The van der Waals surface area contributed by atoms with E-state index >= 15 is 0 Å². The minimum Gasteiger partial charge on any atom is -0.358 e. The van der Waals surface area contributed by atoms with Crippen LogP contribution < -0.4 is 10.5 Å². The summed E-state index contributed by atoms with van der Waals surface area (Å²) in [5.74, 6) is -0.0542. The Hall–Kier alpha value is -2.64. The number of primary sulfonamides is 1. The normalized spacial score (nSPS) is 12.3. The average Bonchev–Trinajstić information content (AvgIpc) is 2.97. The fourth-order valence-electron chi connectivity index (χ4n) is 3.58. The molecule has 0 saturated heterocycles. The molecule has 6 nitrogen and oxygen atoms in total. The smallest absolute Gasteiger partial charge is 0.238 e. The monoisotopic (exact) mass is 399 g/mol. The number of nitrogens with two attached hydrogens (primary N) is 1. The van der Waals surface area contributed by atoms with Gasteiger partial charge in [0.25, 0.3) is 0 Å². The lowest BCUT2D eigenvalue weighted by atomic mass is 9.81. The lowest BCUT2D eigenvalue weighted by molar-refractivity contribution is -0.125. The Balaban J connectivity index is 1.69. The highest BCUT2D eigenvalue weighted by Gasteiger charge is 2.33. The summed E-state index contributed by atoms with van der Waals surface area (Å²) in [6.45, 7) is 6.29. The highest BCUT2D eigenvalue weighted by molar-refractivity contribution is 7.89. The van der Waals surface area contributed by atoms with Crippen molar-refractivity contribution in [2.45, 2.75) is 37.5 Å². The van der Waals surface area contributed by atoms with E-state index in [9.17, 15) is 13.2 Å². The van der Waals surface area contributed by atoms with Crippen molar-refractivity contribution in [3.8, 4) is 0 Å². The molecule has 0 bridgehead atoms. The molecule has 0 radical (unpaired) electrons. The molecule has 0 fully saturated rings. The van der Waals surface area contributed by atoms with Gasteiger partial charge in [-0.25, -0.2) is 13.6 Å². The largest absolute Gasteiger partial charge is 0.358 e. The Labute approximate surface area is 165 Å². The highest BCUT2D eigenvalue weighted by Crippen LogP contribution is 2.33. The Morgan fingerprint density at radius 3 is 2.39 bits per heavy atom. The van der Waals surface area contributed by atoms with Gasteiger partial charge in [-0.15, -0.1) is 0 Å². The van der Waals surface area contributed by atoms with E-state index in [1.807, 2.05) is 45.0 Å². The molecule has 1 amide bonds. The van der Waals surface area contributed by atoms with Crippen LogP contribution in [0.25, 0.3) is 10.9 Å². The number of nitrogens with one attached hydrogen (secondary N) is 2. The summed E-state index contributed by atoms with van der Waals surface area (Å²) in [6.07, 6.45) is 0.597. The molecule has 28 heavy (non-hydrogen) atoms. The van der Waals surface area contributed by atoms with Crippen molar-refractivity contribution in [2.75, 3.05) is 6.54 Å². The second-order valence-corrected chi connectivity index (χ2v) is 9.05. The predicted molar refractivity (Wildman–Crippen MR) is 111 cm³/mol. The molecule has 3 aromatic rings. The third-order valence-electron chi connectivity index (χ3n) is 5.04. The van der Waals surface area contributed by atoms with E-state index in [4.69, 9.17) is 5.14 Å². The molecule has 0 aliphatic heterocycles. The minimum atomic E-state index is -3.69. The van der Waals surface area contributed by atoms with Crippen LogP contribution in [0, 0.1) is 6.92 Å². The number of sulfonamides is 1. The molecular weight excluding hydrogens is 374 g/mol. The molecule has 1 heterocycles. The zero-order valence-electron chi connectivity index (χ0n) is 16.2. The molecule has 0 unspecified atom stereocenters. The van der Waals surface area contributed by atoms with Crippen LogP contribution in [0.4, 0.5) is 0 Å². The Morgan fingerprint density at radius 1 is 1.11 bits per heavy atom. The molecule has 2 aromatic carbocycles. The first-order valence-electron chi connectivity index (χ1n) is 9.08. The van der Waals surface area contributed by atoms with Crippen molar-refractivity contribution in [1.29, 1.82) is 0 Å². The number of aromatic nitrogens is 1. The van der Waals surface area contributed by atoms with Crippen LogP contribution in [0.1, 0.15) is 30.7 Å². The van der Waals surface area contributed by atoms with Gasteiger partial charge in [-0.2, -0.15) is 0 Å². The topological polar surface area (TPSA) is 105 Å². The highest BCUT2D eigenvalue weighted by atomic mass is 32.2. The number of carbonyl (C=O) groups is 1. The fraction of sp³-hybridized carbons (Fsp3) is 0.286. The summed E-state index contributed by atoms with van der Waals surface area (Å²) in [5.41, 5.74) is 3.24. The molecule has 0 aliphatic rings. The van der Waals surface area contributed by atoms with Gasteiger partial charge in [-0.3, -0.25) is 4.79 Å². The van der Waals surface area contributed by atoms with Gasteiger partial charge in [0, 0.05) is 23.1 Å². The molecule has 3 rings (SSSR count). The number of hydrogen-bond donors (Lipinski definition) is 3. The van der Waals surface area contributed by atoms with Crippen LogP contribution in [0.3, 0.4) is 0 Å². The number of hydrogen-bond acceptors (Lipinski definition) is 3. The van der Waals surface area contributed by atoms with Gasteiger partial charge in [0.1, 0.15) is 0 Å². The number of benzene rings is 2. The second-order valence-electron chi connectivity index (χ2n) is 7.49. The maximum Gasteiger partial charge on any atom is 0.238 e. The summed E-state index contributed by atoms with van der Waals surface area (Å²) in [6, 6.07) is 14.3. The summed E-state index contributed by atoms with van der Waals surface area (Å²) in [5, 5.41) is 9.16. The summed E-state index contributed by atoms with van der Waals surface area (Å²) >= 11 is 0. The molecule has 0 aliphatic carbocycles. The van der Waals surface area contributed by atoms with Crippen molar-refractivity contribution < 1.29 is 13.2 Å². The van der Waals surface area contributed by atoms with E-state index in [-0.39, 0.29) is 10.8 Å². The minimum absolute atomic E-state index is 0.0542. The van der Waals surface area contributed by atoms with E-state index in [0.717, 1.165) is 27.7 Å². The molecule has 4 N–H and O–H groups in total. The van der Waals surface area contributed by atoms with Crippen LogP contribution in [0.15, 0.2) is 53.4 Å². The quantitative estimate of drug-likeness (QED) is 0.593. The van der Waals surface area contributed by atoms with E-state index in [2.05, 4.69) is 10.3 Å². The van der Waals surface area contributed by atoms with Crippen LogP contribution in [0.2, 0.25) is 0 Å². The molecule has 7 heteroatoms. The van der Waals surface area contributed by atoms with Crippen LogP contribution in [0.5, 0.6) is 0 Å². The van der Waals surface area contributed by atoms with Gasteiger partial charge in [0.2, 0.25) is 15.9 Å². The van der Waals surface area contributed by atoms with E-state index in [1.165, 1.54) is 12.1 Å². The van der Waals surface area contributed by atoms with Crippen molar-refractivity contribution >= 4 is 26.8 Å². The van der Waals surface area contributed by atoms with Gasteiger partial charge in [0.05, 0.1) is 10.3 Å². The number of carbonyl (C=O) groups excluding carboxylic acids is 1. The fourth-order valence-corrected chi connectivity index (χ4v) is 4.10. The number of aromatic amines is 1. The maximum atomic E-state index is 12.9. The number of H-pyrrole nitrogens is 1. The Kier molecular flexibility index (Phi) is 5.32. The molecule has 148 valence electrons. The maximum absolute atomic E-state index is 12.9. The van der Waals surface area contributed by atoms with Crippen LogP contribution in [-0.2, 0) is 26.7 Å². The summed E-state index contributed by atoms with van der Waals surface area (Å²) in [7, 11) is -3.69. The van der Waals surface area contributed by atoms with Gasteiger partial charge in [-0.1, -0.05) is 30.3 Å². The standard InChI is InChI=1S/C21H25N3O3S/c1-14-19(17-6-4-5-7-18(17)24-14)21(2,3)20(25)23-13-12-15-8-10-16(11-9-15)28(22,26)27/h4-11,24H,12-13H2,1-3H3,(H,23,25)(H2,22,26,27). The average molecular weight is 400 g/mol. The van der Waals surface area contributed by atoms with Gasteiger partial charge in [-0.05, 0) is 56.5 Å². The van der Waals surface area contributed by atoms with Gasteiger partial charge < -0.3 is 10.3 Å². The number of amides is 1. The number of fused-ring (bicyclic) bond motifs is 1. The Morgan fingerprint density at radius 2 is 1.75 bits per heavy atom. The van der Waals surface area contributed by atoms with E-state index in [0.29, 0.717) is 13.0 Å². The molecule has 0 spiro atoms. The first-order chi connectivity index (χ1) is 13.1. The first kappa shape index (κ1) is 20.1. The lowest BCUT2D eigenvalue weighted by Gasteiger charge is -2.24. The van der Waals surface area contributed by atoms with Crippen molar-refractivity contribution in [3.63, 3.8) is 0 Å². The van der Waals surface area contributed by atoms with Gasteiger partial charge in [0.15, 0.2) is 0 Å². The molecule has 1 aromatic heterocycles. The zero-order valence-corrected chi connectivity index (χ0v) is 17.1. The van der Waals surface area contributed by atoms with Crippen molar-refractivity contribution in [2.24, 2.45) is 5.14 Å². The van der Waals surface area contributed by atoms with Crippen molar-refractivity contribution in [3.05, 3.63) is 65.4 Å². The number of rotatable bonds is 6. The molecule has 0 atom stereocenters. The molecular formula is C21H25N3O3S. The van der Waals surface area contributed by atoms with Crippen molar-refractivity contribution in [1.82, 2.24) is 10.3 Å². The number of para-hydroxylation sites is 1. The second kappa shape index (κ2) is 7.41. The summed E-state index contributed by atoms with van der Waals surface area (Å²) in [4.78, 5) is 16.3. The van der Waals surface area contributed by atoms with Crippen LogP contribution >= 0.6 is 0 Å². The Bertz CT molecular complexity index is 1110. The number of aryl methyl sites for hydroxylation is 1. The van der Waals surface area contributed by atoms with E-state index < -0.39 is 15.4 Å². The SMILES string of the molecule is Cc1[nH]c2ccccc2c1C(C)(C)C(=O)NCCc1ccc(S(N)(=O)=O)cc1. The van der Waals surface area contributed by atoms with Gasteiger partial charge >= 0.3 is 0 Å². The first-order valence-corrected chi connectivity index (χ1v) is 10.6. The summed E-state index contributed by atoms with van der Waals surface area (Å²) < 4.78 is 22.6. The van der Waals surface area contributed by atoms with Crippen LogP contribution in [-0.4, -0.2) is 25.9 Å². The molecule has 0 saturated carbocycles. The third-order valence-corrected chi connectivity index (χ3v) is 5.97. The third kappa shape index (κ3) is 3.95. The lowest BCUT2D eigenvalue weighted by Crippen LogP contribution is -2.41. The zero-order chi connectivity index (χ0) is 20.5.